The lowest BCUT2D eigenvalue weighted by atomic mass is 10.1. The van der Waals surface area contributed by atoms with E-state index in [4.69, 9.17) is 4.74 Å². The number of ether oxygens (including phenoxy) is 1. The lowest BCUT2D eigenvalue weighted by Crippen LogP contribution is -2.23. The molecule has 0 aromatic carbocycles. The van der Waals surface area contributed by atoms with Crippen molar-refractivity contribution >= 4 is 5.97 Å². The van der Waals surface area contributed by atoms with Crippen molar-refractivity contribution in [2.75, 3.05) is 0 Å². The fraction of sp³-hybridized carbons (Fsp3) is 0.786. The van der Waals surface area contributed by atoms with Crippen molar-refractivity contribution in [2.45, 2.75) is 65.9 Å². The smallest absolute Gasteiger partial charge is 0.306 e. The van der Waals surface area contributed by atoms with Crippen LogP contribution in [0, 0.1) is 5.92 Å². The van der Waals surface area contributed by atoms with Crippen molar-refractivity contribution < 1.29 is 9.53 Å². The van der Waals surface area contributed by atoms with Gasteiger partial charge in [0, 0.05) is 6.42 Å². The standard InChI is InChI=1S/C14H26O2/c1-12(2)10-8-6-7-9-11-13(15)16-14(3,4)5/h8,10,12H,6-7,9,11H2,1-5H3/b10-8-. The molecule has 0 rings (SSSR count). The topological polar surface area (TPSA) is 26.3 Å². The quantitative estimate of drug-likeness (QED) is 0.387. The molecule has 0 aliphatic heterocycles. The van der Waals surface area contributed by atoms with Crippen LogP contribution in [-0.2, 0) is 9.53 Å². The average Bonchev–Trinajstić information content (AvgIpc) is 2.07. The van der Waals surface area contributed by atoms with Gasteiger partial charge in [0.25, 0.3) is 0 Å². The summed E-state index contributed by atoms with van der Waals surface area (Å²) in [5.41, 5.74) is -0.353. The second kappa shape index (κ2) is 7.48. The van der Waals surface area contributed by atoms with Crippen LogP contribution in [0.1, 0.15) is 60.3 Å². The van der Waals surface area contributed by atoms with E-state index in [1.54, 1.807) is 0 Å². The molecular formula is C14H26O2. The van der Waals surface area contributed by atoms with Gasteiger partial charge in [-0.15, -0.1) is 0 Å². The summed E-state index contributed by atoms with van der Waals surface area (Å²) in [5, 5.41) is 0. The number of rotatable bonds is 6. The van der Waals surface area contributed by atoms with Crippen molar-refractivity contribution in [3.05, 3.63) is 12.2 Å². The Morgan fingerprint density at radius 3 is 2.38 bits per heavy atom. The fourth-order valence-corrected chi connectivity index (χ4v) is 1.29. The maximum absolute atomic E-state index is 11.4. The van der Waals surface area contributed by atoms with Crippen LogP contribution in [0.3, 0.4) is 0 Å². The van der Waals surface area contributed by atoms with E-state index >= 15 is 0 Å². The molecule has 0 unspecified atom stereocenters. The molecular weight excluding hydrogens is 200 g/mol. The molecule has 0 aromatic rings. The second-order valence-corrected chi connectivity index (χ2v) is 5.50. The van der Waals surface area contributed by atoms with Gasteiger partial charge in [-0.1, -0.05) is 26.0 Å². The minimum absolute atomic E-state index is 0.0830. The second-order valence-electron chi connectivity index (χ2n) is 5.50. The van der Waals surface area contributed by atoms with E-state index in [2.05, 4.69) is 26.0 Å². The zero-order valence-electron chi connectivity index (χ0n) is 11.4. The van der Waals surface area contributed by atoms with Crippen molar-refractivity contribution in [3.8, 4) is 0 Å². The molecule has 0 radical (unpaired) electrons. The van der Waals surface area contributed by atoms with Gasteiger partial charge in [0.1, 0.15) is 5.60 Å². The summed E-state index contributed by atoms with van der Waals surface area (Å²) < 4.78 is 5.23. The molecule has 94 valence electrons. The molecule has 0 saturated heterocycles. The molecule has 16 heavy (non-hydrogen) atoms. The van der Waals surface area contributed by atoms with Crippen LogP contribution >= 0.6 is 0 Å². The van der Waals surface area contributed by atoms with Gasteiger partial charge in [0.2, 0.25) is 0 Å². The summed E-state index contributed by atoms with van der Waals surface area (Å²) in [4.78, 5) is 11.4. The van der Waals surface area contributed by atoms with Crippen molar-refractivity contribution in [3.63, 3.8) is 0 Å². The Balaban J connectivity index is 3.49. The first-order chi connectivity index (χ1) is 7.31. The first-order valence-corrected chi connectivity index (χ1v) is 6.20. The molecule has 0 aliphatic carbocycles. The number of allylic oxidation sites excluding steroid dienone is 2. The van der Waals surface area contributed by atoms with Crippen molar-refractivity contribution in [1.29, 1.82) is 0 Å². The molecule has 0 amide bonds. The van der Waals surface area contributed by atoms with E-state index in [0.717, 1.165) is 19.3 Å². The lowest BCUT2D eigenvalue weighted by Gasteiger charge is -2.19. The molecule has 0 aromatic heterocycles. The number of hydrogen-bond donors (Lipinski definition) is 0. The predicted molar refractivity (Wildman–Crippen MR) is 68.3 cm³/mol. The molecule has 0 saturated carbocycles. The third-order valence-electron chi connectivity index (χ3n) is 1.94. The minimum atomic E-state index is -0.353. The largest absolute Gasteiger partial charge is 0.460 e. The van der Waals surface area contributed by atoms with E-state index < -0.39 is 0 Å². The lowest BCUT2D eigenvalue weighted by molar-refractivity contribution is -0.154. The van der Waals surface area contributed by atoms with Gasteiger partial charge in [-0.25, -0.2) is 0 Å². The van der Waals surface area contributed by atoms with Crippen LogP contribution in [0.15, 0.2) is 12.2 Å². The van der Waals surface area contributed by atoms with Gasteiger partial charge in [0.15, 0.2) is 0 Å². The third-order valence-corrected chi connectivity index (χ3v) is 1.94. The molecule has 2 heteroatoms. The summed E-state index contributed by atoms with van der Waals surface area (Å²) in [5.74, 6) is 0.534. The van der Waals surface area contributed by atoms with E-state index in [1.165, 1.54) is 0 Å². The van der Waals surface area contributed by atoms with Crippen LogP contribution in [0.25, 0.3) is 0 Å². The molecule has 0 spiro atoms. The molecule has 0 N–H and O–H groups in total. The Morgan fingerprint density at radius 2 is 1.88 bits per heavy atom. The predicted octanol–water partition coefficient (Wildman–Crippen LogP) is 4.10. The summed E-state index contributed by atoms with van der Waals surface area (Å²) in [6.07, 6.45) is 7.96. The number of unbranched alkanes of at least 4 members (excludes halogenated alkanes) is 2. The third kappa shape index (κ3) is 11.3. The maximum Gasteiger partial charge on any atom is 0.306 e. The Kier molecular flexibility index (Phi) is 7.11. The van der Waals surface area contributed by atoms with E-state index in [-0.39, 0.29) is 11.6 Å². The molecule has 0 aliphatic rings. The van der Waals surface area contributed by atoms with Crippen LogP contribution < -0.4 is 0 Å². The van der Waals surface area contributed by atoms with Gasteiger partial charge in [0.05, 0.1) is 0 Å². The Labute approximate surface area is 100 Å². The Morgan fingerprint density at radius 1 is 1.25 bits per heavy atom. The van der Waals surface area contributed by atoms with E-state index in [9.17, 15) is 4.79 Å². The number of carbonyl (C=O) groups excluding carboxylic acids is 1. The molecule has 0 bridgehead atoms. The van der Waals surface area contributed by atoms with E-state index in [1.807, 2.05) is 20.8 Å². The molecule has 0 heterocycles. The Bertz CT molecular complexity index is 221. The van der Waals surface area contributed by atoms with Gasteiger partial charge >= 0.3 is 5.97 Å². The fourth-order valence-electron chi connectivity index (χ4n) is 1.29. The van der Waals surface area contributed by atoms with Crippen LogP contribution in [0.5, 0.6) is 0 Å². The van der Waals surface area contributed by atoms with Crippen LogP contribution in [0.2, 0.25) is 0 Å². The number of esters is 1. The summed E-state index contributed by atoms with van der Waals surface area (Å²) >= 11 is 0. The summed E-state index contributed by atoms with van der Waals surface area (Å²) in [6, 6.07) is 0. The monoisotopic (exact) mass is 226 g/mol. The SMILES string of the molecule is CC(C)/C=C\CCCCC(=O)OC(C)(C)C. The highest BCUT2D eigenvalue weighted by Gasteiger charge is 2.15. The van der Waals surface area contributed by atoms with E-state index in [0.29, 0.717) is 12.3 Å². The molecule has 2 nitrogen and oxygen atoms in total. The highest BCUT2D eigenvalue weighted by molar-refractivity contribution is 5.69. The van der Waals surface area contributed by atoms with Gasteiger partial charge < -0.3 is 4.74 Å². The van der Waals surface area contributed by atoms with Gasteiger partial charge in [-0.05, 0) is 46.0 Å². The first kappa shape index (κ1) is 15.2. The van der Waals surface area contributed by atoms with Gasteiger partial charge in [-0.3, -0.25) is 4.79 Å². The molecule has 0 fully saturated rings. The summed E-state index contributed by atoms with van der Waals surface area (Å²) in [7, 11) is 0. The zero-order valence-corrected chi connectivity index (χ0v) is 11.4. The maximum atomic E-state index is 11.4. The average molecular weight is 226 g/mol. The Hall–Kier alpha value is -0.790. The van der Waals surface area contributed by atoms with Crippen molar-refractivity contribution in [2.24, 2.45) is 5.92 Å². The zero-order chi connectivity index (χ0) is 12.6. The molecule has 0 atom stereocenters. The normalized spacial score (nSPS) is 12.4. The van der Waals surface area contributed by atoms with Crippen LogP contribution in [-0.4, -0.2) is 11.6 Å². The summed E-state index contributed by atoms with van der Waals surface area (Å²) in [6.45, 7) is 10.0. The highest BCUT2D eigenvalue weighted by Crippen LogP contribution is 2.10. The van der Waals surface area contributed by atoms with Gasteiger partial charge in [-0.2, -0.15) is 0 Å². The number of hydrogen-bond acceptors (Lipinski definition) is 2. The van der Waals surface area contributed by atoms with Crippen molar-refractivity contribution in [1.82, 2.24) is 0 Å². The minimum Gasteiger partial charge on any atom is -0.460 e. The number of carbonyl (C=O) groups is 1. The van der Waals surface area contributed by atoms with Crippen LogP contribution in [0.4, 0.5) is 0 Å². The highest BCUT2D eigenvalue weighted by atomic mass is 16.6. The first-order valence-electron chi connectivity index (χ1n) is 6.20.